The quantitative estimate of drug-likeness (QED) is 0.401. The molecule has 1 aromatic carbocycles. The fourth-order valence-corrected chi connectivity index (χ4v) is 4.49. The van der Waals surface area contributed by atoms with Crippen molar-refractivity contribution in [1.82, 2.24) is 25.3 Å². The average Bonchev–Trinajstić information content (AvgIpc) is 2.96. The number of benzene rings is 1. The second kappa shape index (κ2) is 12.6. The lowest BCUT2D eigenvalue weighted by atomic mass is 9.94. The van der Waals surface area contributed by atoms with Gasteiger partial charge in [0, 0.05) is 38.3 Å². The Balaban J connectivity index is 1.67. The van der Waals surface area contributed by atoms with Crippen molar-refractivity contribution in [2.75, 3.05) is 51.2 Å². The summed E-state index contributed by atoms with van der Waals surface area (Å²) in [5.41, 5.74) is 1.62. The molecule has 1 aliphatic carbocycles. The standard InChI is InChI=1S/C27H37N7O3/c1-28-17-22(35)18-37-23-12-8-9-19(13-23)26-31-24(33(2)20-10-6-5-7-11-20)14-25(32-26)34(3)21-15-29-27(36-4)30-16-21/h8-9,12-16,20,22,28,35H,5-7,10-11,17-18H2,1-4H3. The van der Waals surface area contributed by atoms with Crippen molar-refractivity contribution in [1.29, 1.82) is 0 Å². The molecule has 37 heavy (non-hydrogen) atoms. The summed E-state index contributed by atoms with van der Waals surface area (Å²) in [6.07, 6.45) is 8.91. The first-order chi connectivity index (χ1) is 18.0. The zero-order chi connectivity index (χ0) is 26.2. The van der Waals surface area contributed by atoms with Gasteiger partial charge in [-0.05, 0) is 32.0 Å². The molecule has 1 aliphatic rings. The SMILES string of the molecule is CNCC(O)COc1cccc(-c2nc(N(C)c3cnc(OC)nc3)cc(N(C)C3CCCCC3)n2)c1. The minimum absolute atomic E-state index is 0.196. The molecule has 4 rings (SSSR count). The van der Waals surface area contributed by atoms with Gasteiger partial charge in [-0.2, -0.15) is 0 Å². The highest BCUT2D eigenvalue weighted by Gasteiger charge is 2.22. The molecule has 198 valence electrons. The maximum Gasteiger partial charge on any atom is 0.316 e. The van der Waals surface area contributed by atoms with Crippen LogP contribution in [0.1, 0.15) is 32.1 Å². The first kappa shape index (κ1) is 26.6. The fraction of sp³-hybridized carbons (Fsp3) is 0.481. The Morgan fingerprint density at radius 2 is 1.78 bits per heavy atom. The van der Waals surface area contributed by atoms with Crippen LogP contribution in [0, 0.1) is 0 Å². The van der Waals surface area contributed by atoms with Crippen LogP contribution in [0.15, 0.2) is 42.7 Å². The van der Waals surface area contributed by atoms with Crippen LogP contribution in [-0.4, -0.2) is 78.6 Å². The summed E-state index contributed by atoms with van der Waals surface area (Å²) in [4.78, 5) is 22.6. The molecular formula is C27H37N7O3. The van der Waals surface area contributed by atoms with E-state index in [1.54, 1.807) is 26.6 Å². The molecule has 1 saturated carbocycles. The van der Waals surface area contributed by atoms with E-state index in [4.69, 9.17) is 19.4 Å². The molecule has 2 heterocycles. The van der Waals surface area contributed by atoms with Gasteiger partial charge < -0.3 is 29.7 Å². The molecule has 3 aromatic rings. The van der Waals surface area contributed by atoms with Gasteiger partial charge in [0.25, 0.3) is 0 Å². The minimum atomic E-state index is -0.593. The van der Waals surface area contributed by atoms with Crippen molar-refractivity contribution in [3.63, 3.8) is 0 Å². The molecule has 0 saturated heterocycles. The molecule has 0 amide bonds. The van der Waals surface area contributed by atoms with Crippen molar-refractivity contribution in [3.05, 3.63) is 42.7 Å². The smallest absolute Gasteiger partial charge is 0.316 e. The van der Waals surface area contributed by atoms with E-state index >= 15 is 0 Å². The van der Waals surface area contributed by atoms with Crippen molar-refractivity contribution in [3.8, 4) is 23.1 Å². The second-order valence-electron chi connectivity index (χ2n) is 9.35. The number of aliphatic hydroxyl groups is 1. The number of aliphatic hydroxyl groups excluding tert-OH is 1. The Bertz CT molecular complexity index is 1140. The zero-order valence-electron chi connectivity index (χ0n) is 22.1. The van der Waals surface area contributed by atoms with Gasteiger partial charge in [-0.25, -0.2) is 19.9 Å². The third-order valence-corrected chi connectivity index (χ3v) is 6.69. The van der Waals surface area contributed by atoms with Gasteiger partial charge in [-0.15, -0.1) is 0 Å². The van der Waals surface area contributed by atoms with E-state index < -0.39 is 6.10 Å². The van der Waals surface area contributed by atoms with Crippen LogP contribution >= 0.6 is 0 Å². The number of hydrogen-bond acceptors (Lipinski definition) is 10. The summed E-state index contributed by atoms with van der Waals surface area (Å²) in [6, 6.07) is 10.4. The van der Waals surface area contributed by atoms with Gasteiger partial charge in [0.15, 0.2) is 5.82 Å². The van der Waals surface area contributed by atoms with Crippen molar-refractivity contribution in [2.45, 2.75) is 44.2 Å². The molecule has 10 nitrogen and oxygen atoms in total. The van der Waals surface area contributed by atoms with Gasteiger partial charge in [0.2, 0.25) is 0 Å². The Kier molecular flexibility index (Phi) is 9.08. The maximum absolute atomic E-state index is 10.0. The molecule has 0 radical (unpaired) electrons. The van der Waals surface area contributed by atoms with E-state index in [2.05, 4.69) is 27.2 Å². The summed E-state index contributed by atoms with van der Waals surface area (Å²) < 4.78 is 10.9. The third kappa shape index (κ3) is 6.84. The number of anilines is 3. The van der Waals surface area contributed by atoms with Crippen LogP contribution in [-0.2, 0) is 0 Å². The summed E-state index contributed by atoms with van der Waals surface area (Å²) in [5, 5.41) is 13.0. The molecule has 0 bridgehead atoms. The first-order valence-corrected chi connectivity index (χ1v) is 12.8. The lowest BCUT2D eigenvalue weighted by Crippen LogP contribution is -2.34. The van der Waals surface area contributed by atoms with E-state index in [0.29, 0.717) is 30.2 Å². The number of likely N-dealkylation sites (N-methyl/N-ethyl adjacent to an activating group) is 1. The largest absolute Gasteiger partial charge is 0.491 e. The zero-order valence-corrected chi connectivity index (χ0v) is 22.1. The van der Waals surface area contributed by atoms with E-state index in [0.717, 1.165) is 35.7 Å². The van der Waals surface area contributed by atoms with Gasteiger partial charge in [0.05, 0.1) is 25.2 Å². The number of methoxy groups -OCH3 is 1. The number of nitrogens with one attached hydrogen (secondary N) is 1. The van der Waals surface area contributed by atoms with E-state index in [-0.39, 0.29) is 6.61 Å². The van der Waals surface area contributed by atoms with Gasteiger partial charge in [-0.1, -0.05) is 31.4 Å². The Morgan fingerprint density at radius 1 is 1.05 bits per heavy atom. The van der Waals surface area contributed by atoms with Crippen LogP contribution in [0.2, 0.25) is 0 Å². The third-order valence-electron chi connectivity index (χ3n) is 6.69. The number of aromatic nitrogens is 4. The van der Waals surface area contributed by atoms with Crippen molar-refractivity contribution in [2.24, 2.45) is 0 Å². The molecular weight excluding hydrogens is 470 g/mol. The summed E-state index contributed by atoms with van der Waals surface area (Å²) >= 11 is 0. The van der Waals surface area contributed by atoms with E-state index in [1.165, 1.54) is 19.3 Å². The Morgan fingerprint density at radius 3 is 2.49 bits per heavy atom. The molecule has 1 fully saturated rings. The molecule has 10 heteroatoms. The number of rotatable bonds is 11. The Labute approximate surface area is 218 Å². The fourth-order valence-electron chi connectivity index (χ4n) is 4.49. The highest BCUT2D eigenvalue weighted by Crippen LogP contribution is 2.32. The minimum Gasteiger partial charge on any atom is -0.491 e. The van der Waals surface area contributed by atoms with Crippen LogP contribution in [0.3, 0.4) is 0 Å². The predicted octanol–water partition coefficient (Wildman–Crippen LogP) is 3.44. The summed E-state index contributed by atoms with van der Waals surface area (Å²) in [6.45, 7) is 0.657. The lowest BCUT2D eigenvalue weighted by Gasteiger charge is -2.32. The maximum atomic E-state index is 10.0. The Hall–Kier alpha value is -3.50. The highest BCUT2D eigenvalue weighted by molar-refractivity contribution is 5.67. The van der Waals surface area contributed by atoms with Gasteiger partial charge in [0.1, 0.15) is 30.1 Å². The van der Waals surface area contributed by atoms with Crippen LogP contribution in [0.25, 0.3) is 11.4 Å². The molecule has 1 unspecified atom stereocenters. The van der Waals surface area contributed by atoms with Gasteiger partial charge >= 0.3 is 6.01 Å². The van der Waals surface area contributed by atoms with E-state index in [1.807, 2.05) is 42.3 Å². The van der Waals surface area contributed by atoms with Crippen LogP contribution in [0.4, 0.5) is 17.3 Å². The number of nitrogens with zero attached hydrogens (tertiary/aromatic N) is 6. The normalized spacial score (nSPS) is 14.7. The molecule has 0 spiro atoms. The lowest BCUT2D eigenvalue weighted by molar-refractivity contribution is 0.108. The second-order valence-corrected chi connectivity index (χ2v) is 9.35. The number of hydrogen-bond donors (Lipinski definition) is 2. The first-order valence-electron chi connectivity index (χ1n) is 12.8. The molecule has 2 aromatic heterocycles. The van der Waals surface area contributed by atoms with Crippen LogP contribution in [0.5, 0.6) is 11.8 Å². The van der Waals surface area contributed by atoms with Crippen molar-refractivity contribution >= 4 is 17.3 Å². The number of ether oxygens (including phenoxy) is 2. The monoisotopic (exact) mass is 507 g/mol. The van der Waals surface area contributed by atoms with Crippen molar-refractivity contribution < 1.29 is 14.6 Å². The van der Waals surface area contributed by atoms with E-state index in [9.17, 15) is 5.11 Å². The molecule has 0 aliphatic heterocycles. The van der Waals surface area contributed by atoms with Crippen LogP contribution < -0.4 is 24.6 Å². The summed E-state index contributed by atoms with van der Waals surface area (Å²) in [5.74, 6) is 2.84. The average molecular weight is 508 g/mol. The summed E-state index contributed by atoms with van der Waals surface area (Å²) in [7, 11) is 7.39. The highest BCUT2D eigenvalue weighted by atomic mass is 16.5. The van der Waals surface area contributed by atoms with Gasteiger partial charge in [-0.3, -0.25) is 0 Å². The topological polar surface area (TPSA) is 109 Å². The molecule has 2 N–H and O–H groups in total. The predicted molar refractivity (Wildman–Crippen MR) is 145 cm³/mol. The molecule has 1 atom stereocenters.